The number of hydrogen-bond donors (Lipinski definition) is 0. The number of amides is 1. The second-order valence-corrected chi connectivity index (χ2v) is 5.78. The summed E-state index contributed by atoms with van der Waals surface area (Å²) in [6, 6.07) is 10.7. The minimum Gasteiger partial charge on any atom is -0.406 e. The number of carbonyl (C=O) groups excluding carboxylic acids is 1. The molecule has 0 saturated carbocycles. The normalized spacial score (nSPS) is 17.6. The molecule has 0 aromatic heterocycles. The van der Waals surface area contributed by atoms with Crippen molar-refractivity contribution in [3.63, 3.8) is 0 Å². The van der Waals surface area contributed by atoms with Crippen LogP contribution in [0.4, 0.5) is 17.6 Å². The minimum absolute atomic E-state index is 0.167. The number of alkyl halides is 3. The third kappa shape index (κ3) is 4.10. The van der Waals surface area contributed by atoms with Gasteiger partial charge in [-0.2, -0.15) is 0 Å². The summed E-state index contributed by atoms with van der Waals surface area (Å²) in [5.74, 6) is -0.995. The van der Waals surface area contributed by atoms with E-state index in [-0.39, 0.29) is 29.1 Å². The fourth-order valence-corrected chi connectivity index (χ4v) is 3.01. The van der Waals surface area contributed by atoms with Gasteiger partial charge in [-0.15, -0.1) is 13.2 Å². The number of nitrogens with zero attached hydrogens (tertiary/aromatic N) is 1. The summed E-state index contributed by atoms with van der Waals surface area (Å²) in [5, 5.41) is 0. The fourth-order valence-electron chi connectivity index (χ4n) is 3.01. The molecular formula is C18H15F4NO2. The van der Waals surface area contributed by atoms with Crippen LogP contribution in [-0.4, -0.2) is 23.7 Å². The number of rotatable bonds is 3. The molecule has 3 rings (SSSR count). The molecule has 1 atom stereocenters. The van der Waals surface area contributed by atoms with E-state index in [1.807, 2.05) is 0 Å². The van der Waals surface area contributed by atoms with E-state index >= 15 is 0 Å². The Hall–Kier alpha value is -2.57. The second-order valence-electron chi connectivity index (χ2n) is 5.78. The fraction of sp³-hybridized carbons (Fsp3) is 0.278. The topological polar surface area (TPSA) is 29.5 Å². The van der Waals surface area contributed by atoms with Crippen LogP contribution in [0.5, 0.6) is 5.75 Å². The van der Waals surface area contributed by atoms with Crippen LogP contribution >= 0.6 is 0 Å². The van der Waals surface area contributed by atoms with Crippen molar-refractivity contribution in [2.75, 3.05) is 6.54 Å². The Morgan fingerprint density at radius 2 is 1.68 bits per heavy atom. The zero-order valence-electron chi connectivity index (χ0n) is 13.1. The van der Waals surface area contributed by atoms with Gasteiger partial charge >= 0.3 is 6.36 Å². The van der Waals surface area contributed by atoms with E-state index in [1.54, 1.807) is 17.0 Å². The standard InChI is InChI=1S/C18H15F4NO2/c19-14-7-3-12(4-8-14)16-2-1-11-23(16)17(24)13-5-9-15(10-6-13)25-18(20,21)22/h3-10,16H,1-2,11H2. The maximum Gasteiger partial charge on any atom is 0.573 e. The zero-order chi connectivity index (χ0) is 18.0. The van der Waals surface area contributed by atoms with Crippen LogP contribution in [0, 0.1) is 5.82 Å². The van der Waals surface area contributed by atoms with E-state index < -0.39 is 6.36 Å². The largest absolute Gasteiger partial charge is 0.573 e. The lowest BCUT2D eigenvalue weighted by Crippen LogP contribution is -2.30. The monoisotopic (exact) mass is 353 g/mol. The first-order valence-electron chi connectivity index (χ1n) is 7.76. The van der Waals surface area contributed by atoms with E-state index in [0.29, 0.717) is 6.54 Å². The molecule has 1 aliphatic rings. The van der Waals surface area contributed by atoms with Crippen molar-refractivity contribution in [2.24, 2.45) is 0 Å². The van der Waals surface area contributed by atoms with Gasteiger partial charge in [-0.1, -0.05) is 12.1 Å². The Kier molecular flexibility index (Phi) is 4.65. The lowest BCUT2D eigenvalue weighted by Gasteiger charge is -2.25. The molecule has 0 radical (unpaired) electrons. The summed E-state index contributed by atoms with van der Waals surface area (Å²) in [6.07, 6.45) is -3.20. The van der Waals surface area contributed by atoms with Gasteiger partial charge in [0.15, 0.2) is 0 Å². The molecule has 3 nitrogen and oxygen atoms in total. The molecule has 2 aromatic carbocycles. The van der Waals surface area contributed by atoms with Crippen LogP contribution in [0.3, 0.4) is 0 Å². The number of hydrogen-bond acceptors (Lipinski definition) is 2. The van der Waals surface area contributed by atoms with E-state index in [4.69, 9.17) is 0 Å². The lowest BCUT2D eigenvalue weighted by molar-refractivity contribution is -0.274. The maximum absolute atomic E-state index is 13.1. The second kappa shape index (κ2) is 6.74. The first-order chi connectivity index (χ1) is 11.8. The Bertz CT molecular complexity index is 741. The van der Waals surface area contributed by atoms with Crippen molar-refractivity contribution in [1.82, 2.24) is 4.90 Å². The first kappa shape index (κ1) is 17.3. The van der Waals surface area contributed by atoms with Crippen LogP contribution in [0.2, 0.25) is 0 Å². The van der Waals surface area contributed by atoms with Gasteiger partial charge in [0.05, 0.1) is 6.04 Å². The number of benzene rings is 2. The lowest BCUT2D eigenvalue weighted by atomic mass is 10.0. The highest BCUT2D eigenvalue weighted by atomic mass is 19.4. The van der Waals surface area contributed by atoms with Gasteiger partial charge in [0.25, 0.3) is 5.91 Å². The maximum atomic E-state index is 13.1. The number of ether oxygens (including phenoxy) is 1. The molecule has 1 amide bonds. The van der Waals surface area contributed by atoms with Gasteiger partial charge < -0.3 is 9.64 Å². The Morgan fingerprint density at radius 1 is 1.04 bits per heavy atom. The summed E-state index contributed by atoms with van der Waals surface area (Å²) in [6.45, 7) is 0.543. The molecule has 132 valence electrons. The van der Waals surface area contributed by atoms with E-state index in [0.717, 1.165) is 30.5 Å². The van der Waals surface area contributed by atoms with Crippen molar-refractivity contribution in [2.45, 2.75) is 25.2 Å². The van der Waals surface area contributed by atoms with Gasteiger partial charge in [-0.25, -0.2) is 4.39 Å². The minimum atomic E-state index is -4.77. The molecule has 7 heteroatoms. The van der Waals surface area contributed by atoms with Crippen molar-refractivity contribution < 1.29 is 27.1 Å². The molecule has 1 saturated heterocycles. The number of halogens is 4. The van der Waals surface area contributed by atoms with Crippen LogP contribution in [-0.2, 0) is 0 Å². The van der Waals surface area contributed by atoms with Gasteiger partial charge in [0.2, 0.25) is 0 Å². The van der Waals surface area contributed by atoms with Gasteiger partial charge in [0, 0.05) is 12.1 Å². The first-order valence-corrected chi connectivity index (χ1v) is 7.76. The molecular weight excluding hydrogens is 338 g/mol. The molecule has 25 heavy (non-hydrogen) atoms. The molecule has 0 N–H and O–H groups in total. The van der Waals surface area contributed by atoms with Crippen molar-refractivity contribution >= 4 is 5.91 Å². The molecule has 0 bridgehead atoms. The average molecular weight is 353 g/mol. The summed E-state index contributed by atoms with van der Waals surface area (Å²) in [5.41, 5.74) is 1.12. The SMILES string of the molecule is O=C(c1ccc(OC(F)(F)F)cc1)N1CCCC1c1ccc(F)cc1. The molecule has 1 unspecified atom stereocenters. The smallest absolute Gasteiger partial charge is 0.406 e. The average Bonchev–Trinajstić information content (AvgIpc) is 3.04. The van der Waals surface area contributed by atoms with E-state index in [1.165, 1.54) is 24.3 Å². The zero-order valence-corrected chi connectivity index (χ0v) is 13.1. The highest BCUT2D eigenvalue weighted by Crippen LogP contribution is 2.33. The summed E-state index contributed by atoms with van der Waals surface area (Å²) in [4.78, 5) is 14.3. The van der Waals surface area contributed by atoms with Crippen LogP contribution < -0.4 is 4.74 Å². The van der Waals surface area contributed by atoms with Crippen molar-refractivity contribution in [1.29, 1.82) is 0 Å². The van der Waals surface area contributed by atoms with Gasteiger partial charge in [-0.05, 0) is 54.8 Å². The third-order valence-electron chi connectivity index (χ3n) is 4.10. The molecule has 1 heterocycles. The Labute approximate surface area is 141 Å². The van der Waals surface area contributed by atoms with Crippen molar-refractivity contribution in [3.05, 3.63) is 65.5 Å². The van der Waals surface area contributed by atoms with Crippen LogP contribution in [0.25, 0.3) is 0 Å². The molecule has 2 aromatic rings. The molecule has 0 spiro atoms. The van der Waals surface area contributed by atoms with Gasteiger partial charge in [0.1, 0.15) is 11.6 Å². The molecule has 1 fully saturated rings. The highest BCUT2D eigenvalue weighted by molar-refractivity contribution is 5.94. The summed E-state index contributed by atoms with van der Waals surface area (Å²) in [7, 11) is 0. The Morgan fingerprint density at radius 3 is 2.28 bits per heavy atom. The number of likely N-dealkylation sites (tertiary alicyclic amines) is 1. The van der Waals surface area contributed by atoms with Crippen LogP contribution in [0.15, 0.2) is 48.5 Å². The Balaban J connectivity index is 1.76. The third-order valence-corrected chi connectivity index (χ3v) is 4.10. The predicted octanol–water partition coefficient (Wildman–Crippen LogP) is 4.70. The predicted molar refractivity (Wildman–Crippen MR) is 82.5 cm³/mol. The van der Waals surface area contributed by atoms with Crippen LogP contribution in [0.1, 0.15) is 34.8 Å². The van der Waals surface area contributed by atoms with E-state index in [9.17, 15) is 22.4 Å². The highest BCUT2D eigenvalue weighted by Gasteiger charge is 2.32. The number of carbonyl (C=O) groups is 1. The van der Waals surface area contributed by atoms with E-state index in [2.05, 4.69) is 4.74 Å². The summed E-state index contributed by atoms with van der Waals surface area (Å²) < 4.78 is 53.4. The molecule has 1 aliphatic heterocycles. The van der Waals surface area contributed by atoms with Gasteiger partial charge in [-0.3, -0.25) is 4.79 Å². The van der Waals surface area contributed by atoms with Crippen molar-refractivity contribution in [3.8, 4) is 5.75 Å². The summed E-state index contributed by atoms with van der Waals surface area (Å²) >= 11 is 0. The molecule has 0 aliphatic carbocycles. The quantitative estimate of drug-likeness (QED) is 0.749.